The van der Waals surface area contributed by atoms with Gasteiger partial charge in [0.1, 0.15) is 27.2 Å². The van der Waals surface area contributed by atoms with Crippen LogP contribution in [0.2, 0.25) is 0 Å². The standard InChI is InChI=1S/C14H7F2NO2S2/c15-7-3-1-4-8(16)10(7)13-17-11(9-5-2-6-20-9)12(21-13)14(18)19/h1-6H,(H,18,19). The molecular formula is C14H7F2NO2S2. The monoisotopic (exact) mass is 323 g/mol. The minimum atomic E-state index is -1.17. The number of thiophene rings is 1. The predicted molar refractivity (Wildman–Crippen MR) is 77.7 cm³/mol. The van der Waals surface area contributed by atoms with Gasteiger partial charge in [-0.25, -0.2) is 18.6 Å². The molecule has 1 N–H and O–H groups in total. The van der Waals surface area contributed by atoms with Gasteiger partial charge in [-0.2, -0.15) is 0 Å². The highest BCUT2D eigenvalue weighted by Crippen LogP contribution is 2.37. The van der Waals surface area contributed by atoms with Crippen molar-refractivity contribution in [1.29, 1.82) is 0 Å². The van der Waals surface area contributed by atoms with Crippen LogP contribution in [0.25, 0.3) is 21.1 Å². The molecule has 0 aliphatic carbocycles. The molecule has 0 saturated heterocycles. The molecule has 3 rings (SSSR count). The fourth-order valence-electron chi connectivity index (χ4n) is 1.85. The number of rotatable bonds is 3. The molecule has 2 aromatic heterocycles. The number of halogens is 2. The first-order valence-corrected chi connectivity index (χ1v) is 7.50. The quantitative estimate of drug-likeness (QED) is 0.771. The predicted octanol–water partition coefficient (Wildman–Crippen LogP) is 4.52. The fraction of sp³-hybridized carbons (Fsp3) is 0. The Morgan fingerprint density at radius 1 is 1.14 bits per heavy atom. The molecule has 2 heterocycles. The topological polar surface area (TPSA) is 50.2 Å². The lowest BCUT2D eigenvalue weighted by Gasteiger charge is -1.99. The van der Waals surface area contributed by atoms with Crippen molar-refractivity contribution in [2.75, 3.05) is 0 Å². The van der Waals surface area contributed by atoms with E-state index in [-0.39, 0.29) is 21.1 Å². The molecule has 3 aromatic rings. The van der Waals surface area contributed by atoms with Gasteiger partial charge in [-0.3, -0.25) is 0 Å². The Hall–Kier alpha value is -2.12. The number of aromatic carboxylic acids is 1. The molecule has 3 nitrogen and oxygen atoms in total. The molecule has 0 saturated carbocycles. The number of aromatic nitrogens is 1. The Balaban J connectivity index is 2.22. The van der Waals surface area contributed by atoms with Crippen molar-refractivity contribution < 1.29 is 18.7 Å². The molecule has 0 atom stereocenters. The second kappa shape index (κ2) is 5.34. The zero-order valence-electron chi connectivity index (χ0n) is 10.3. The van der Waals surface area contributed by atoms with Crippen molar-refractivity contribution >= 4 is 28.6 Å². The summed E-state index contributed by atoms with van der Waals surface area (Å²) in [5, 5.41) is 11.1. The Bertz CT molecular complexity index is 792. The van der Waals surface area contributed by atoms with Gasteiger partial charge in [0.2, 0.25) is 0 Å². The maximum atomic E-state index is 13.8. The van der Waals surface area contributed by atoms with Gasteiger partial charge < -0.3 is 5.11 Å². The Morgan fingerprint density at radius 3 is 2.43 bits per heavy atom. The zero-order valence-corrected chi connectivity index (χ0v) is 12.0. The maximum absolute atomic E-state index is 13.8. The van der Waals surface area contributed by atoms with Crippen molar-refractivity contribution in [3.63, 3.8) is 0 Å². The molecule has 106 valence electrons. The largest absolute Gasteiger partial charge is 0.477 e. The van der Waals surface area contributed by atoms with Crippen molar-refractivity contribution in [3.05, 3.63) is 52.2 Å². The van der Waals surface area contributed by atoms with Crippen molar-refractivity contribution in [3.8, 4) is 21.1 Å². The molecular weight excluding hydrogens is 316 g/mol. The van der Waals surface area contributed by atoms with E-state index in [1.165, 1.54) is 17.4 Å². The van der Waals surface area contributed by atoms with Crippen molar-refractivity contribution in [2.24, 2.45) is 0 Å². The summed E-state index contributed by atoms with van der Waals surface area (Å²) in [4.78, 5) is 16.1. The lowest BCUT2D eigenvalue weighted by Crippen LogP contribution is -1.94. The Kier molecular flexibility index (Phi) is 3.52. The van der Waals surface area contributed by atoms with E-state index in [0.29, 0.717) is 4.88 Å². The molecule has 0 fully saturated rings. The van der Waals surface area contributed by atoms with Crippen LogP contribution in [0.4, 0.5) is 8.78 Å². The zero-order chi connectivity index (χ0) is 15.0. The van der Waals surface area contributed by atoms with Crippen LogP contribution in [0.3, 0.4) is 0 Å². The molecule has 0 unspecified atom stereocenters. The highest BCUT2D eigenvalue weighted by Gasteiger charge is 2.23. The van der Waals surface area contributed by atoms with E-state index >= 15 is 0 Å². The van der Waals surface area contributed by atoms with E-state index in [2.05, 4.69) is 4.98 Å². The first kappa shape index (κ1) is 13.8. The summed E-state index contributed by atoms with van der Waals surface area (Å²) in [6.45, 7) is 0. The summed E-state index contributed by atoms with van der Waals surface area (Å²) in [5.41, 5.74) is -0.0621. The van der Waals surface area contributed by atoms with Gasteiger partial charge in [-0.1, -0.05) is 12.1 Å². The highest BCUT2D eigenvalue weighted by molar-refractivity contribution is 7.18. The molecule has 0 aliphatic heterocycles. The number of thiazole rings is 1. The number of carbonyl (C=O) groups is 1. The summed E-state index contributed by atoms with van der Waals surface area (Å²) in [7, 11) is 0. The molecule has 1 aromatic carbocycles. The normalized spacial score (nSPS) is 10.8. The average molecular weight is 323 g/mol. The summed E-state index contributed by atoms with van der Waals surface area (Å²) < 4.78 is 27.6. The first-order chi connectivity index (χ1) is 10.1. The number of benzene rings is 1. The molecule has 0 amide bonds. The third-order valence-electron chi connectivity index (χ3n) is 2.75. The third kappa shape index (κ3) is 2.45. The molecule has 0 aliphatic rings. The van der Waals surface area contributed by atoms with Gasteiger partial charge in [0, 0.05) is 0 Å². The summed E-state index contributed by atoms with van der Waals surface area (Å²) >= 11 is 2.08. The van der Waals surface area contributed by atoms with Gasteiger partial charge in [0.15, 0.2) is 0 Å². The minimum Gasteiger partial charge on any atom is -0.477 e. The number of hydrogen-bond donors (Lipinski definition) is 1. The SMILES string of the molecule is O=C(O)c1sc(-c2c(F)cccc2F)nc1-c1cccs1. The molecule has 0 spiro atoms. The highest BCUT2D eigenvalue weighted by atomic mass is 32.1. The molecule has 0 bridgehead atoms. The van der Waals surface area contributed by atoms with E-state index in [4.69, 9.17) is 0 Å². The van der Waals surface area contributed by atoms with E-state index in [1.807, 2.05) is 0 Å². The first-order valence-electron chi connectivity index (χ1n) is 5.80. The van der Waals surface area contributed by atoms with Crippen LogP contribution in [-0.2, 0) is 0 Å². The van der Waals surface area contributed by atoms with Gasteiger partial charge in [-0.15, -0.1) is 22.7 Å². The van der Waals surface area contributed by atoms with E-state index in [0.717, 1.165) is 23.5 Å². The third-order valence-corrected chi connectivity index (χ3v) is 4.69. The number of nitrogens with zero attached hydrogens (tertiary/aromatic N) is 1. The summed E-state index contributed by atoms with van der Waals surface area (Å²) in [6.07, 6.45) is 0. The number of hydrogen-bond acceptors (Lipinski definition) is 4. The lowest BCUT2D eigenvalue weighted by molar-refractivity contribution is 0.0702. The van der Waals surface area contributed by atoms with E-state index in [1.54, 1.807) is 17.5 Å². The van der Waals surface area contributed by atoms with E-state index < -0.39 is 17.6 Å². The van der Waals surface area contributed by atoms with Gasteiger partial charge >= 0.3 is 5.97 Å². The van der Waals surface area contributed by atoms with Crippen molar-refractivity contribution in [1.82, 2.24) is 4.98 Å². The van der Waals surface area contributed by atoms with Crippen LogP contribution in [0.1, 0.15) is 9.67 Å². The van der Waals surface area contributed by atoms with E-state index in [9.17, 15) is 18.7 Å². The average Bonchev–Trinajstić information content (AvgIpc) is 3.07. The second-order valence-electron chi connectivity index (χ2n) is 4.08. The van der Waals surface area contributed by atoms with Gasteiger partial charge in [0.05, 0.1) is 10.4 Å². The van der Waals surface area contributed by atoms with Crippen molar-refractivity contribution in [2.45, 2.75) is 0 Å². The lowest BCUT2D eigenvalue weighted by atomic mass is 10.2. The fourth-order valence-corrected chi connectivity index (χ4v) is 3.61. The number of carboxylic acid groups (broad SMARTS) is 1. The molecule has 0 radical (unpaired) electrons. The van der Waals surface area contributed by atoms with Crippen LogP contribution < -0.4 is 0 Å². The molecule has 7 heteroatoms. The van der Waals surface area contributed by atoms with Gasteiger partial charge in [-0.05, 0) is 23.6 Å². The smallest absolute Gasteiger partial charge is 0.348 e. The maximum Gasteiger partial charge on any atom is 0.348 e. The van der Waals surface area contributed by atoms with Crippen LogP contribution >= 0.6 is 22.7 Å². The van der Waals surface area contributed by atoms with Gasteiger partial charge in [0.25, 0.3) is 0 Å². The van der Waals surface area contributed by atoms with Crippen LogP contribution in [0.15, 0.2) is 35.7 Å². The van der Waals surface area contributed by atoms with Crippen LogP contribution in [0.5, 0.6) is 0 Å². The van der Waals surface area contributed by atoms with Crippen LogP contribution in [0, 0.1) is 11.6 Å². The second-order valence-corrected chi connectivity index (χ2v) is 6.02. The molecule has 21 heavy (non-hydrogen) atoms. The summed E-state index contributed by atoms with van der Waals surface area (Å²) in [6, 6.07) is 6.96. The summed E-state index contributed by atoms with van der Waals surface area (Å²) in [5.74, 6) is -2.70. The Morgan fingerprint density at radius 2 is 1.86 bits per heavy atom. The Labute approximate surface area is 126 Å². The van der Waals surface area contributed by atoms with Crippen LogP contribution in [-0.4, -0.2) is 16.1 Å². The number of carboxylic acids is 1. The minimum absolute atomic E-state index is 0.0198.